The highest BCUT2D eigenvalue weighted by Crippen LogP contribution is 2.23. The molecule has 0 amide bonds. The summed E-state index contributed by atoms with van der Waals surface area (Å²) >= 11 is 0. The van der Waals surface area contributed by atoms with Gasteiger partial charge in [-0.15, -0.1) is 0 Å². The Morgan fingerprint density at radius 2 is 1.74 bits per heavy atom. The Morgan fingerprint density at radius 3 is 2.21 bits per heavy atom. The first-order valence-corrected chi connectivity index (χ1v) is 7.46. The number of nitrogens with one attached hydrogen (secondary N) is 1. The normalized spacial score (nSPS) is 15.7. The molecule has 0 aromatic rings. The molecule has 0 heterocycles. The summed E-state index contributed by atoms with van der Waals surface area (Å²) in [7, 11) is 0. The number of carbonyl (C=O) groups is 1. The zero-order valence-electron chi connectivity index (χ0n) is 11.9. The van der Waals surface area contributed by atoms with Crippen molar-refractivity contribution in [3.8, 4) is 0 Å². The van der Waals surface area contributed by atoms with E-state index in [-0.39, 0.29) is 12.5 Å². The van der Waals surface area contributed by atoms with Gasteiger partial charge >= 0.3 is 5.97 Å². The Hall–Kier alpha value is -0.650. The molecular weight excluding hydrogens is 244 g/mol. The second kappa shape index (κ2) is 13.8. The molecule has 1 saturated carbocycles. The van der Waals surface area contributed by atoms with Crippen LogP contribution >= 0.6 is 0 Å². The highest BCUT2D eigenvalue weighted by atomic mass is 16.4. The molecule has 19 heavy (non-hydrogen) atoms. The molecule has 1 aliphatic rings. The van der Waals surface area contributed by atoms with Gasteiger partial charge in [-0.3, -0.25) is 4.79 Å². The van der Waals surface area contributed by atoms with Crippen LogP contribution in [0.3, 0.4) is 0 Å². The maximum Gasteiger partial charge on any atom is 0.306 e. The molecule has 0 aromatic heterocycles. The van der Waals surface area contributed by atoms with Crippen molar-refractivity contribution < 1.29 is 15.0 Å². The number of nitrogens with two attached hydrogens (primary N) is 1. The van der Waals surface area contributed by atoms with Crippen molar-refractivity contribution >= 4 is 5.97 Å². The molecule has 114 valence electrons. The summed E-state index contributed by atoms with van der Waals surface area (Å²) in [5, 5.41) is 20.2. The minimum absolute atomic E-state index is 0.0289. The Balaban J connectivity index is 0.000000342. The minimum atomic E-state index is -0.602. The van der Waals surface area contributed by atoms with E-state index < -0.39 is 5.97 Å². The molecule has 0 aliphatic heterocycles. The molecule has 5 N–H and O–H groups in total. The Morgan fingerprint density at radius 1 is 1.11 bits per heavy atom. The summed E-state index contributed by atoms with van der Waals surface area (Å²) in [4.78, 5) is 10.4. The van der Waals surface area contributed by atoms with Crippen molar-refractivity contribution in [3.63, 3.8) is 0 Å². The smallest absolute Gasteiger partial charge is 0.306 e. The summed E-state index contributed by atoms with van der Waals surface area (Å²) in [5.41, 5.74) is 5.30. The van der Waals surface area contributed by atoms with E-state index in [0.29, 0.717) is 0 Å². The third kappa shape index (κ3) is 12.1. The number of aliphatic carboxylic acids is 1. The van der Waals surface area contributed by atoms with Crippen molar-refractivity contribution in [3.05, 3.63) is 0 Å². The lowest BCUT2D eigenvalue weighted by molar-refractivity contribution is -0.142. The number of hydrogen-bond donors (Lipinski definition) is 4. The Bertz CT molecular complexity index is 199. The predicted molar refractivity (Wildman–Crippen MR) is 77.1 cm³/mol. The number of aliphatic hydroxyl groups excluding tert-OH is 1. The molecule has 1 aliphatic carbocycles. The summed E-state index contributed by atoms with van der Waals surface area (Å²) in [6.07, 6.45) is 8.32. The highest BCUT2D eigenvalue weighted by Gasteiger charge is 2.19. The molecular formula is C14H30N2O3. The average molecular weight is 274 g/mol. The fourth-order valence-corrected chi connectivity index (χ4v) is 2.07. The first kappa shape index (κ1) is 18.4. The number of aliphatic hydroxyl groups is 1. The number of rotatable bonds is 8. The lowest BCUT2D eigenvalue weighted by atomic mass is 9.90. The van der Waals surface area contributed by atoms with Crippen LogP contribution in [-0.4, -0.2) is 42.4 Å². The molecule has 1 rings (SSSR count). The van der Waals surface area contributed by atoms with Crippen molar-refractivity contribution in [2.45, 2.75) is 51.4 Å². The van der Waals surface area contributed by atoms with Gasteiger partial charge in [0, 0.05) is 6.61 Å². The number of carboxylic acid groups (broad SMARTS) is 1. The zero-order chi connectivity index (χ0) is 14.3. The molecule has 0 saturated heterocycles. The van der Waals surface area contributed by atoms with Crippen molar-refractivity contribution in [2.75, 3.05) is 26.2 Å². The summed E-state index contributed by atoms with van der Waals surface area (Å²) in [5.74, 6) is -0.631. The lowest BCUT2D eigenvalue weighted by Gasteiger charge is -2.16. The molecule has 1 fully saturated rings. The van der Waals surface area contributed by atoms with E-state index in [1.165, 1.54) is 6.42 Å². The van der Waals surface area contributed by atoms with Crippen LogP contribution < -0.4 is 11.1 Å². The summed E-state index contributed by atoms with van der Waals surface area (Å²) in [6, 6.07) is 0. The lowest BCUT2D eigenvalue weighted by Crippen LogP contribution is -2.18. The van der Waals surface area contributed by atoms with Gasteiger partial charge in [-0.2, -0.15) is 0 Å². The third-order valence-electron chi connectivity index (χ3n) is 3.27. The fourth-order valence-electron chi connectivity index (χ4n) is 2.07. The predicted octanol–water partition coefficient (Wildman–Crippen LogP) is 1.35. The average Bonchev–Trinajstić information content (AvgIpc) is 2.44. The van der Waals surface area contributed by atoms with Gasteiger partial charge in [-0.05, 0) is 51.7 Å². The molecule has 0 radical (unpaired) electrons. The quantitative estimate of drug-likeness (QED) is 0.501. The topological polar surface area (TPSA) is 95.6 Å². The number of carboxylic acids is 1. The van der Waals surface area contributed by atoms with Gasteiger partial charge in [0.2, 0.25) is 0 Å². The molecule has 0 aromatic carbocycles. The second-order valence-corrected chi connectivity index (χ2v) is 5.00. The van der Waals surface area contributed by atoms with Crippen LogP contribution in [0.15, 0.2) is 0 Å². The molecule has 5 nitrogen and oxygen atoms in total. The SMILES string of the molecule is NCCCCNCCCO.O=C(O)C1CCCCC1. The van der Waals surface area contributed by atoms with Crippen LogP contribution in [0.25, 0.3) is 0 Å². The first-order valence-electron chi connectivity index (χ1n) is 7.46. The van der Waals surface area contributed by atoms with E-state index in [4.69, 9.17) is 15.9 Å². The molecule has 5 heteroatoms. The second-order valence-electron chi connectivity index (χ2n) is 5.00. The van der Waals surface area contributed by atoms with Crippen molar-refractivity contribution in [1.82, 2.24) is 5.32 Å². The highest BCUT2D eigenvalue weighted by molar-refractivity contribution is 5.69. The van der Waals surface area contributed by atoms with Crippen LogP contribution in [0.1, 0.15) is 51.4 Å². The van der Waals surface area contributed by atoms with Crippen molar-refractivity contribution in [2.24, 2.45) is 11.7 Å². The van der Waals surface area contributed by atoms with E-state index in [1.54, 1.807) is 0 Å². The molecule has 0 spiro atoms. The van der Waals surface area contributed by atoms with Gasteiger partial charge in [-0.25, -0.2) is 0 Å². The monoisotopic (exact) mass is 274 g/mol. The standard InChI is InChI=1S/C7H18N2O.C7H12O2/c8-4-1-2-5-9-6-3-7-10;8-7(9)6-4-2-1-3-5-6/h9-10H,1-8H2;6H,1-5H2,(H,8,9). The van der Waals surface area contributed by atoms with E-state index in [0.717, 1.165) is 64.6 Å². The summed E-state index contributed by atoms with van der Waals surface area (Å²) < 4.78 is 0. The zero-order valence-corrected chi connectivity index (χ0v) is 11.9. The summed E-state index contributed by atoms with van der Waals surface area (Å²) in [6.45, 7) is 3.00. The van der Waals surface area contributed by atoms with E-state index in [9.17, 15) is 4.79 Å². The largest absolute Gasteiger partial charge is 0.481 e. The third-order valence-corrected chi connectivity index (χ3v) is 3.27. The molecule has 0 unspecified atom stereocenters. The minimum Gasteiger partial charge on any atom is -0.481 e. The first-order chi connectivity index (χ1) is 9.22. The van der Waals surface area contributed by atoms with Gasteiger partial charge < -0.3 is 21.3 Å². The Labute approximate surface area is 116 Å². The van der Waals surface area contributed by atoms with E-state index in [1.807, 2.05) is 0 Å². The van der Waals surface area contributed by atoms with Gasteiger partial charge in [0.25, 0.3) is 0 Å². The van der Waals surface area contributed by atoms with Gasteiger partial charge in [0.05, 0.1) is 5.92 Å². The van der Waals surface area contributed by atoms with Crippen LogP contribution in [0.5, 0.6) is 0 Å². The fraction of sp³-hybridized carbons (Fsp3) is 0.929. The van der Waals surface area contributed by atoms with Gasteiger partial charge in [-0.1, -0.05) is 19.3 Å². The maximum atomic E-state index is 10.4. The van der Waals surface area contributed by atoms with Gasteiger partial charge in [0.15, 0.2) is 0 Å². The van der Waals surface area contributed by atoms with Crippen LogP contribution in [-0.2, 0) is 4.79 Å². The molecule has 0 bridgehead atoms. The van der Waals surface area contributed by atoms with Crippen molar-refractivity contribution in [1.29, 1.82) is 0 Å². The van der Waals surface area contributed by atoms with Crippen LogP contribution in [0, 0.1) is 5.92 Å². The Kier molecular flexibility index (Phi) is 13.3. The van der Waals surface area contributed by atoms with Gasteiger partial charge in [0.1, 0.15) is 0 Å². The van der Waals surface area contributed by atoms with E-state index in [2.05, 4.69) is 5.32 Å². The number of unbranched alkanes of at least 4 members (excludes halogenated alkanes) is 1. The molecule has 0 atom stereocenters. The number of hydrogen-bond acceptors (Lipinski definition) is 4. The van der Waals surface area contributed by atoms with E-state index >= 15 is 0 Å². The van der Waals surface area contributed by atoms with Crippen LogP contribution in [0.2, 0.25) is 0 Å². The van der Waals surface area contributed by atoms with Crippen LogP contribution in [0.4, 0.5) is 0 Å². The maximum absolute atomic E-state index is 10.4.